The quantitative estimate of drug-likeness (QED) is 0.679. The zero-order valence-electron chi connectivity index (χ0n) is 8.81. The van der Waals surface area contributed by atoms with Crippen LogP contribution in [0.1, 0.15) is 20.8 Å². The fourth-order valence-corrected chi connectivity index (χ4v) is 2.74. The monoisotopic (exact) mass is 308 g/mol. The van der Waals surface area contributed by atoms with Crippen molar-refractivity contribution in [2.45, 2.75) is 0 Å². The molecule has 0 radical (unpaired) electrons. The summed E-state index contributed by atoms with van der Waals surface area (Å²) in [6, 6.07) is 10.4. The van der Waals surface area contributed by atoms with E-state index in [1.165, 1.54) is 11.3 Å². The number of rotatable bonds is 3. The van der Waals surface area contributed by atoms with Crippen LogP contribution in [0.15, 0.2) is 46.8 Å². The molecule has 0 saturated heterocycles. The van der Waals surface area contributed by atoms with Crippen molar-refractivity contribution < 1.29 is 9.90 Å². The van der Waals surface area contributed by atoms with E-state index in [1.54, 1.807) is 30.3 Å². The second-order valence-electron chi connectivity index (χ2n) is 3.46. The van der Waals surface area contributed by atoms with Crippen LogP contribution in [0.4, 0.5) is 0 Å². The third-order valence-corrected chi connectivity index (χ3v) is 3.90. The van der Waals surface area contributed by atoms with E-state index in [0.717, 1.165) is 3.79 Å². The molecule has 86 valence electrons. The van der Waals surface area contributed by atoms with Gasteiger partial charge in [0, 0.05) is 11.1 Å². The van der Waals surface area contributed by atoms with Gasteiger partial charge in [0.25, 0.3) is 0 Å². The SMILES string of the molecule is C=C(O)c1ccc(C(=O)c2ccc(Br)s2)cc1. The van der Waals surface area contributed by atoms with Crippen LogP contribution in [-0.4, -0.2) is 10.9 Å². The minimum absolute atomic E-state index is 0.00265. The van der Waals surface area contributed by atoms with Crippen molar-refractivity contribution in [3.63, 3.8) is 0 Å². The van der Waals surface area contributed by atoms with Gasteiger partial charge in [0.1, 0.15) is 5.76 Å². The minimum Gasteiger partial charge on any atom is -0.508 e. The summed E-state index contributed by atoms with van der Waals surface area (Å²) in [5.41, 5.74) is 1.22. The Morgan fingerprint density at radius 2 is 1.71 bits per heavy atom. The molecule has 2 nitrogen and oxygen atoms in total. The van der Waals surface area contributed by atoms with Gasteiger partial charge in [0.05, 0.1) is 8.66 Å². The number of ketones is 1. The molecule has 2 aromatic rings. The van der Waals surface area contributed by atoms with E-state index in [1.807, 2.05) is 6.07 Å². The van der Waals surface area contributed by atoms with Crippen molar-refractivity contribution >= 4 is 38.8 Å². The molecule has 1 aromatic carbocycles. The number of aliphatic hydroxyl groups is 1. The average Bonchev–Trinajstić information content (AvgIpc) is 2.75. The van der Waals surface area contributed by atoms with Crippen molar-refractivity contribution in [2.75, 3.05) is 0 Å². The number of halogens is 1. The van der Waals surface area contributed by atoms with Crippen LogP contribution in [0.3, 0.4) is 0 Å². The molecule has 4 heteroatoms. The number of carbonyl (C=O) groups is 1. The topological polar surface area (TPSA) is 37.3 Å². The minimum atomic E-state index is -0.0178. The predicted octanol–water partition coefficient (Wildman–Crippen LogP) is 4.27. The summed E-state index contributed by atoms with van der Waals surface area (Å²) >= 11 is 4.73. The molecule has 17 heavy (non-hydrogen) atoms. The highest BCUT2D eigenvalue weighted by Crippen LogP contribution is 2.24. The summed E-state index contributed by atoms with van der Waals surface area (Å²) in [7, 11) is 0. The van der Waals surface area contributed by atoms with E-state index < -0.39 is 0 Å². The number of carbonyl (C=O) groups excluding carboxylic acids is 1. The Bertz CT molecular complexity index is 569. The van der Waals surface area contributed by atoms with Gasteiger partial charge in [-0.2, -0.15) is 0 Å². The normalized spacial score (nSPS) is 10.2. The van der Waals surface area contributed by atoms with Crippen LogP contribution in [0.25, 0.3) is 5.76 Å². The number of benzene rings is 1. The van der Waals surface area contributed by atoms with E-state index in [0.29, 0.717) is 16.0 Å². The fraction of sp³-hybridized carbons (Fsp3) is 0. The third kappa shape index (κ3) is 2.65. The van der Waals surface area contributed by atoms with Crippen molar-refractivity contribution in [2.24, 2.45) is 0 Å². The van der Waals surface area contributed by atoms with Crippen LogP contribution in [0.2, 0.25) is 0 Å². The first kappa shape index (κ1) is 12.1. The molecule has 0 fully saturated rings. The molecule has 2 rings (SSSR count). The molecule has 0 amide bonds. The lowest BCUT2D eigenvalue weighted by molar-refractivity contribution is 0.104. The average molecular weight is 309 g/mol. The van der Waals surface area contributed by atoms with Gasteiger partial charge in [-0.1, -0.05) is 30.8 Å². The maximum Gasteiger partial charge on any atom is 0.202 e. The fourth-order valence-electron chi connectivity index (χ4n) is 1.39. The molecule has 0 bridgehead atoms. The number of thiophene rings is 1. The standard InChI is InChI=1S/C13H9BrO2S/c1-8(15)9-2-4-10(5-3-9)13(16)11-6-7-12(14)17-11/h2-7,15H,1H2. The van der Waals surface area contributed by atoms with Crippen LogP contribution in [0.5, 0.6) is 0 Å². The van der Waals surface area contributed by atoms with Crippen LogP contribution < -0.4 is 0 Å². The molecule has 1 aromatic heterocycles. The van der Waals surface area contributed by atoms with Gasteiger partial charge in [-0.3, -0.25) is 4.79 Å². The Kier molecular flexibility index (Phi) is 3.45. The lowest BCUT2D eigenvalue weighted by Crippen LogP contribution is -1.98. The number of aliphatic hydroxyl groups excluding tert-OH is 1. The van der Waals surface area contributed by atoms with E-state index in [4.69, 9.17) is 0 Å². The molecule has 0 unspecified atom stereocenters. The maximum atomic E-state index is 12.0. The van der Waals surface area contributed by atoms with Crippen molar-refractivity contribution in [3.05, 3.63) is 62.8 Å². The molecule has 0 saturated carbocycles. The second-order valence-corrected chi connectivity index (χ2v) is 5.92. The van der Waals surface area contributed by atoms with E-state index in [2.05, 4.69) is 22.5 Å². The lowest BCUT2D eigenvalue weighted by atomic mass is 10.1. The first-order valence-corrected chi connectivity index (χ1v) is 6.47. The van der Waals surface area contributed by atoms with Crippen molar-refractivity contribution in [1.29, 1.82) is 0 Å². The van der Waals surface area contributed by atoms with Gasteiger partial charge in [0.2, 0.25) is 5.78 Å². The second kappa shape index (κ2) is 4.85. The van der Waals surface area contributed by atoms with Crippen LogP contribution in [0, 0.1) is 0 Å². The predicted molar refractivity (Wildman–Crippen MR) is 73.6 cm³/mol. The Morgan fingerprint density at radius 1 is 1.12 bits per heavy atom. The highest BCUT2D eigenvalue weighted by Gasteiger charge is 2.11. The third-order valence-electron chi connectivity index (χ3n) is 2.28. The van der Waals surface area contributed by atoms with Crippen molar-refractivity contribution in [1.82, 2.24) is 0 Å². The smallest absolute Gasteiger partial charge is 0.202 e. The molecule has 0 aliphatic heterocycles. The van der Waals surface area contributed by atoms with E-state index in [9.17, 15) is 9.90 Å². The molecule has 1 N–H and O–H groups in total. The van der Waals surface area contributed by atoms with Gasteiger partial charge < -0.3 is 5.11 Å². The lowest BCUT2D eigenvalue weighted by Gasteiger charge is -2.01. The first-order chi connectivity index (χ1) is 8.08. The summed E-state index contributed by atoms with van der Waals surface area (Å²) in [5, 5.41) is 9.19. The summed E-state index contributed by atoms with van der Waals surface area (Å²) < 4.78 is 0.932. The van der Waals surface area contributed by atoms with Crippen molar-refractivity contribution in [3.8, 4) is 0 Å². The van der Waals surface area contributed by atoms with Crippen LogP contribution >= 0.6 is 27.3 Å². The van der Waals surface area contributed by atoms with Gasteiger partial charge in [-0.05, 0) is 28.1 Å². The highest BCUT2D eigenvalue weighted by atomic mass is 79.9. The Labute approximate surface area is 111 Å². The van der Waals surface area contributed by atoms with Gasteiger partial charge in [-0.25, -0.2) is 0 Å². The summed E-state index contributed by atoms with van der Waals surface area (Å²) in [4.78, 5) is 12.7. The molecular formula is C13H9BrO2S. The zero-order valence-corrected chi connectivity index (χ0v) is 11.2. The maximum absolute atomic E-state index is 12.0. The van der Waals surface area contributed by atoms with Gasteiger partial charge in [-0.15, -0.1) is 11.3 Å². The summed E-state index contributed by atoms with van der Waals surface area (Å²) in [6.45, 7) is 3.43. The molecule has 0 aliphatic carbocycles. The van der Waals surface area contributed by atoms with Crippen LogP contribution in [-0.2, 0) is 0 Å². The molecule has 1 heterocycles. The number of hydrogen-bond donors (Lipinski definition) is 1. The summed E-state index contributed by atoms with van der Waals surface area (Å²) in [5.74, 6) is -0.0151. The van der Waals surface area contributed by atoms with E-state index in [-0.39, 0.29) is 11.5 Å². The van der Waals surface area contributed by atoms with Gasteiger partial charge >= 0.3 is 0 Å². The molecule has 0 atom stereocenters. The molecular weight excluding hydrogens is 300 g/mol. The Balaban J connectivity index is 2.29. The molecule has 0 aliphatic rings. The first-order valence-electron chi connectivity index (χ1n) is 4.86. The summed E-state index contributed by atoms with van der Waals surface area (Å²) in [6.07, 6.45) is 0. The zero-order chi connectivity index (χ0) is 12.4. The highest BCUT2D eigenvalue weighted by molar-refractivity contribution is 9.11. The number of hydrogen-bond acceptors (Lipinski definition) is 3. The van der Waals surface area contributed by atoms with E-state index >= 15 is 0 Å². The Hall–Kier alpha value is -1.39. The largest absolute Gasteiger partial charge is 0.508 e. The Morgan fingerprint density at radius 3 is 2.18 bits per heavy atom. The van der Waals surface area contributed by atoms with Gasteiger partial charge in [0.15, 0.2) is 0 Å². The molecule has 0 spiro atoms.